The smallest absolute Gasteiger partial charge is 0.000496 e. The van der Waals surface area contributed by atoms with Crippen molar-refractivity contribution in [3.63, 3.8) is 0 Å². The molecule has 1 rings (SSSR count). The van der Waals surface area contributed by atoms with E-state index in [0.29, 0.717) is 0 Å². The van der Waals surface area contributed by atoms with Crippen molar-refractivity contribution in [2.45, 2.75) is 0 Å². The van der Waals surface area contributed by atoms with Crippen molar-refractivity contribution in [1.82, 2.24) is 4.98 Å². The van der Waals surface area contributed by atoms with Crippen LogP contribution in [0.15, 0.2) is 24.5 Å². The van der Waals surface area contributed by atoms with Crippen molar-refractivity contribution in [2.75, 3.05) is 0 Å². The van der Waals surface area contributed by atoms with Crippen LogP contribution in [0.5, 0.6) is 0 Å². The monoisotopic (exact) mass is 182 g/mol. The molecule has 3 radical (unpaired) electrons. The fraction of sp³-hybridized carbons (Fsp3) is 0. The summed E-state index contributed by atoms with van der Waals surface area (Å²) in [6, 6.07) is 3.89. The molecule has 0 aromatic carbocycles. The van der Waals surface area contributed by atoms with E-state index in [4.69, 9.17) is 0 Å². The molecule has 0 aliphatic rings. The van der Waals surface area contributed by atoms with E-state index in [1.54, 1.807) is 0 Å². The maximum atomic E-state index is 2.86. The molecule has 29 valence electrons. The Labute approximate surface area is 55.5 Å². The third-order valence-electron chi connectivity index (χ3n) is 0.496. The summed E-state index contributed by atoms with van der Waals surface area (Å²) in [5, 5.41) is 0. The summed E-state index contributed by atoms with van der Waals surface area (Å²) < 4.78 is 0. The van der Waals surface area contributed by atoms with E-state index < -0.39 is 0 Å². The summed E-state index contributed by atoms with van der Waals surface area (Å²) in [4.78, 5) is 2.86. The van der Waals surface area contributed by atoms with E-state index in [2.05, 4.69) is 4.98 Å². The third-order valence-corrected chi connectivity index (χ3v) is 0.496. The van der Waals surface area contributed by atoms with Gasteiger partial charge in [-0.05, 0) is 12.1 Å². The molecule has 0 fully saturated rings. The van der Waals surface area contributed by atoms with Crippen molar-refractivity contribution >= 4 is 25.8 Å². The first kappa shape index (κ1) is 6.15. The Hall–Kier alpha value is 0.150. The van der Waals surface area contributed by atoms with Crippen LogP contribution in [0, 0.1) is 0 Å². The number of aromatic amines is 1. The van der Waals surface area contributed by atoms with Crippen LogP contribution in [0.3, 0.4) is 0 Å². The second kappa shape index (κ2) is 3.34. The summed E-state index contributed by atoms with van der Waals surface area (Å²) in [5.74, 6) is 0. The Morgan fingerprint density at radius 3 is 1.67 bits per heavy atom. The summed E-state index contributed by atoms with van der Waals surface area (Å²) in [6.07, 6.45) is 3.75. The molecule has 0 bridgehead atoms. The third kappa shape index (κ3) is 1.55. The zero-order valence-electron chi connectivity index (χ0n) is 3.39. The predicted octanol–water partition coefficient (Wildman–Crippen LogP) is 0.634. The molecule has 1 aromatic rings. The first-order valence-corrected chi connectivity index (χ1v) is 1.58. The van der Waals surface area contributed by atoms with Crippen LogP contribution in [0.2, 0.25) is 0 Å². The van der Waals surface area contributed by atoms with Gasteiger partial charge in [0.25, 0.3) is 0 Å². The molecular weight excluding hydrogens is 177 g/mol. The van der Waals surface area contributed by atoms with E-state index in [1.165, 1.54) is 0 Å². The Bertz CT molecular complexity index is 64.0. The molecule has 2 heteroatoms. The minimum absolute atomic E-state index is 0. The molecule has 6 heavy (non-hydrogen) atoms. The maximum absolute atomic E-state index is 2.86. The van der Waals surface area contributed by atoms with Crippen LogP contribution in [-0.4, -0.2) is 30.8 Å². The van der Waals surface area contributed by atoms with Crippen LogP contribution < -0.4 is 0 Å². The van der Waals surface area contributed by atoms with Gasteiger partial charge >= 0.3 is 0 Å². The van der Waals surface area contributed by atoms with Crippen molar-refractivity contribution in [1.29, 1.82) is 0 Å². The fourth-order valence-electron chi connectivity index (χ4n) is 0.278. The molecule has 0 aliphatic carbocycles. The van der Waals surface area contributed by atoms with Gasteiger partial charge in [-0.2, -0.15) is 0 Å². The number of aromatic nitrogens is 1. The normalized spacial score (nSPS) is 6.67. The number of hydrogen-bond acceptors (Lipinski definition) is 0. The number of H-pyrrole nitrogens is 1. The predicted molar refractivity (Wildman–Crippen MR) is 26.5 cm³/mol. The molecule has 0 aliphatic heterocycles. The van der Waals surface area contributed by atoms with Crippen molar-refractivity contribution in [3.8, 4) is 0 Å². The second-order valence-corrected chi connectivity index (χ2v) is 0.885. The van der Waals surface area contributed by atoms with Crippen LogP contribution in [0.4, 0.5) is 0 Å². The Kier molecular flexibility index (Phi) is 3.43. The number of nitrogens with one attached hydrogen (secondary N) is 1. The van der Waals surface area contributed by atoms with Crippen molar-refractivity contribution in [3.05, 3.63) is 24.5 Å². The first-order chi connectivity index (χ1) is 2.50. The van der Waals surface area contributed by atoms with Crippen LogP contribution >= 0.6 is 0 Å². The average Bonchev–Trinajstić information content (AvgIpc) is 1.76. The van der Waals surface area contributed by atoms with E-state index in [1.807, 2.05) is 24.5 Å². The maximum Gasteiger partial charge on any atom is 0.000496 e. The van der Waals surface area contributed by atoms with Gasteiger partial charge in [0, 0.05) is 38.2 Å². The van der Waals surface area contributed by atoms with Crippen LogP contribution in [0.1, 0.15) is 0 Å². The topological polar surface area (TPSA) is 15.8 Å². The SMILES string of the molecule is [In].c1cc[nH]c1. The van der Waals surface area contributed by atoms with Crippen LogP contribution in [-0.2, 0) is 0 Å². The van der Waals surface area contributed by atoms with E-state index in [0.717, 1.165) is 0 Å². The number of rotatable bonds is 0. The summed E-state index contributed by atoms with van der Waals surface area (Å²) in [6.45, 7) is 0. The Balaban J connectivity index is 0.000000250. The van der Waals surface area contributed by atoms with E-state index in [9.17, 15) is 0 Å². The molecule has 0 spiro atoms. The van der Waals surface area contributed by atoms with Gasteiger partial charge < -0.3 is 4.98 Å². The van der Waals surface area contributed by atoms with Gasteiger partial charge in [-0.15, -0.1) is 0 Å². The molecular formula is C4H5InN. The zero-order valence-corrected chi connectivity index (χ0v) is 6.68. The molecule has 0 amide bonds. The minimum Gasteiger partial charge on any atom is -0.368 e. The molecule has 0 atom stereocenters. The zero-order chi connectivity index (χ0) is 3.54. The Morgan fingerprint density at radius 2 is 1.50 bits per heavy atom. The largest absolute Gasteiger partial charge is 0.368 e. The van der Waals surface area contributed by atoms with Gasteiger partial charge in [0.15, 0.2) is 0 Å². The molecule has 0 saturated heterocycles. The first-order valence-electron chi connectivity index (χ1n) is 1.58. The Morgan fingerprint density at radius 1 is 1.00 bits per heavy atom. The van der Waals surface area contributed by atoms with Crippen molar-refractivity contribution < 1.29 is 0 Å². The van der Waals surface area contributed by atoms with Crippen LogP contribution in [0.25, 0.3) is 0 Å². The molecule has 1 aromatic heterocycles. The minimum atomic E-state index is 0. The van der Waals surface area contributed by atoms with Gasteiger partial charge in [-0.1, -0.05) is 0 Å². The quantitative estimate of drug-likeness (QED) is 0.605. The molecule has 1 heterocycles. The van der Waals surface area contributed by atoms with Gasteiger partial charge in [0.2, 0.25) is 0 Å². The van der Waals surface area contributed by atoms with Crippen molar-refractivity contribution in [2.24, 2.45) is 0 Å². The fourth-order valence-corrected chi connectivity index (χ4v) is 0.278. The van der Waals surface area contributed by atoms with E-state index >= 15 is 0 Å². The average molecular weight is 182 g/mol. The summed E-state index contributed by atoms with van der Waals surface area (Å²) >= 11 is 0. The second-order valence-electron chi connectivity index (χ2n) is 0.885. The van der Waals surface area contributed by atoms with Gasteiger partial charge in [0.05, 0.1) is 0 Å². The molecule has 1 nitrogen and oxygen atoms in total. The van der Waals surface area contributed by atoms with Gasteiger partial charge in [0.1, 0.15) is 0 Å². The standard InChI is InChI=1S/C4H5N.In/c1-2-4-5-3-1;/h1-5H;. The number of hydrogen-bond donors (Lipinski definition) is 1. The molecule has 0 saturated carbocycles. The summed E-state index contributed by atoms with van der Waals surface area (Å²) in [7, 11) is 0. The summed E-state index contributed by atoms with van der Waals surface area (Å²) in [5.41, 5.74) is 0. The molecule has 0 unspecified atom stereocenters. The van der Waals surface area contributed by atoms with E-state index in [-0.39, 0.29) is 25.8 Å². The molecule has 1 N–H and O–H groups in total. The van der Waals surface area contributed by atoms with Gasteiger partial charge in [-0.3, -0.25) is 0 Å². The van der Waals surface area contributed by atoms with Gasteiger partial charge in [-0.25, -0.2) is 0 Å².